The Balaban J connectivity index is 2.48. The van der Waals surface area contributed by atoms with E-state index in [9.17, 15) is 18.3 Å². The van der Waals surface area contributed by atoms with Crippen molar-refractivity contribution in [3.8, 4) is 0 Å². The molecule has 2 N–H and O–H groups in total. The highest BCUT2D eigenvalue weighted by molar-refractivity contribution is 6.30. The molecule has 1 saturated heterocycles. The Bertz CT molecular complexity index is 543. The molecule has 1 aliphatic rings. The number of rotatable bonds is 4. The van der Waals surface area contributed by atoms with E-state index in [4.69, 9.17) is 11.6 Å². The molecule has 0 spiro atoms. The van der Waals surface area contributed by atoms with Crippen molar-refractivity contribution in [2.45, 2.75) is 26.1 Å². The number of benzene rings is 1. The lowest BCUT2D eigenvalue weighted by atomic mass is 9.79. The van der Waals surface area contributed by atoms with E-state index >= 15 is 0 Å². The van der Waals surface area contributed by atoms with Crippen LogP contribution in [0.5, 0.6) is 0 Å². The molecule has 1 heterocycles. The van der Waals surface area contributed by atoms with Crippen LogP contribution in [0.15, 0.2) is 18.2 Å². The molecule has 2 rings (SSSR count). The Morgan fingerprint density at radius 2 is 1.83 bits per heavy atom. The van der Waals surface area contributed by atoms with Crippen LogP contribution in [0.1, 0.15) is 31.0 Å². The molecule has 0 unspecified atom stereocenters. The summed E-state index contributed by atoms with van der Waals surface area (Å²) < 4.78 is 39.3. The third-order valence-electron chi connectivity index (χ3n) is 4.23. The summed E-state index contributed by atoms with van der Waals surface area (Å²) in [5.74, 6) is 0. The predicted molar refractivity (Wildman–Crippen MR) is 84.5 cm³/mol. The number of nitrogens with one attached hydrogen (secondary N) is 1. The average molecular weight is 351 g/mol. The third kappa shape index (κ3) is 4.38. The smallest absolute Gasteiger partial charge is 0.396 e. The summed E-state index contributed by atoms with van der Waals surface area (Å²) in [5.41, 5.74) is -0.857. The lowest BCUT2D eigenvalue weighted by Gasteiger charge is -2.43. The van der Waals surface area contributed by atoms with Gasteiger partial charge in [-0.15, -0.1) is 0 Å². The average Bonchev–Trinajstić information content (AvgIpc) is 2.47. The lowest BCUT2D eigenvalue weighted by molar-refractivity contribution is -0.137. The van der Waals surface area contributed by atoms with Crippen molar-refractivity contribution < 1.29 is 18.3 Å². The maximum Gasteiger partial charge on any atom is 0.416 e. The van der Waals surface area contributed by atoms with Gasteiger partial charge in [0, 0.05) is 49.3 Å². The van der Waals surface area contributed by atoms with Crippen LogP contribution >= 0.6 is 11.6 Å². The van der Waals surface area contributed by atoms with Gasteiger partial charge < -0.3 is 10.4 Å². The Labute approximate surface area is 139 Å². The standard InChI is InChI=1S/C16H22ClF3N2O/c1-15(2,10-23)14(22-5-3-21-4-6-22)11-7-12(16(18,19)20)9-13(17)8-11/h7-9,14,21,23H,3-6,10H2,1-2H3/t14-/m1/s1. The monoisotopic (exact) mass is 350 g/mol. The van der Waals surface area contributed by atoms with Gasteiger partial charge in [-0.3, -0.25) is 4.90 Å². The van der Waals surface area contributed by atoms with E-state index in [2.05, 4.69) is 10.2 Å². The van der Waals surface area contributed by atoms with Crippen LogP contribution in [0, 0.1) is 5.41 Å². The van der Waals surface area contributed by atoms with E-state index in [-0.39, 0.29) is 17.7 Å². The van der Waals surface area contributed by atoms with Gasteiger partial charge in [0.25, 0.3) is 0 Å². The van der Waals surface area contributed by atoms with Crippen LogP contribution in [0.4, 0.5) is 13.2 Å². The van der Waals surface area contributed by atoms with Crippen molar-refractivity contribution in [3.63, 3.8) is 0 Å². The fraction of sp³-hybridized carbons (Fsp3) is 0.625. The predicted octanol–water partition coefficient (Wildman–Crippen LogP) is 3.32. The van der Waals surface area contributed by atoms with E-state index in [0.29, 0.717) is 18.7 Å². The van der Waals surface area contributed by atoms with Gasteiger partial charge in [0.05, 0.1) is 5.56 Å². The molecule has 0 aliphatic carbocycles. The zero-order chi connectivity index (χ0) is 17.3. The number of hydrogen-bond donors (Lipinski definition) is 2. The Kier molecular flexibility index (Phi) is 5.61. The molecular formula is C16H22ClF3N2O. The number of nitrogens with zero attached hydrogens (tertiary/aromatic N) is 1. The van der Waals surface area contributed by atoms with Crippen molar-refractivity contribution in [2.24, 2.45) is 5.41 Å². The van der Waals surface area contributed by atoms with Gasteiger partial charge in [-0.1, -0.05) is 25.4 Å². The molecule has 3 nitrogen and oxygen atoms in total. The second-order valence-corrected chi connectivity index (χ2v) is 7.04. The lowest BCUT2D eigenvalue weighted by Crippen LogP contribution is -2.49. The second-order valence-electron chi connectivity index (χ2n) is 6.61. The summed E-state index contributed by atoms with van der Waals surface area (Å²) in [5, 5.41) is 13.0. The van der Waals surface area contributed by atoms with E-state index in [1.165, 1.54) is 0 Å². The van der Waals surface area contributed by atoms with Gasteiger partial charge in [-0.05, 0) is 23.8 Å². The van der Waals surface area contributed by atoms with Crippen molar-refractivity contribution in [1.82, 2.24) is 10.2 Å². The largest absolute Gasteiger partial charge is 0.416 e. The molecule has 1 fully saturated rings. The number of hydrogen-bond acceptors (Lipinski definition) is 3. The summed E-state index contributed by atoms with van der Waals surface area (Å²) in [7, 11) is 0. The number of halogens is 4. The zero-order valence-electron chi connectivity index (χ0n) is 13.3. The van der Waals surface area contributed by atoms with Gasteiger partial charge in [0.2, 0.25) is 0 Å². The molecule has 23 heavy (non-hydrogen) atoms. The van der Waals surface area contributed by atoms with E-state index in [1.54, 1.807) is 6.07 Å². The molecule has 0 saturated carbocycles. The first-order chi connectivity index (χ1) is 10.6. The van der Waals surface area contributed by atoms with Gasteiger partial charge in [0.1, 0.15) is 0 Å². The Morgan fingerprint density at radius 1 is 1.22 bits per heavy atom. The molecule has 0 radical (unpaired) electrons. The van der Waals surface area contributed by atoms with Crippen LogP contribution in [0.2, 0.25) is 5.02 Å². The van der Waals surface area contributed by atoms with Crippen molar-refractivity contribution in [1.29, 1.82) is 0 Å². The summed E-state index contributed by atoms with van der Waals surface area (Å²) in [6, 6.07) is 3.32. The topological polar surface area (TPSA) is 35.5 Å². The van der Waals surface area contributed by atoms with Crippen LogP contribution in [-0.2, 0) is 6.18 Å². The quantitative estimate of drug-likeness (QED) is 0.874. The van der Waals surface area contributed by atoms with Gasteiger partial charge in [-0.25, -0.2) is 0 Å². The van der Waals surface area contributed by atoms with Crippen molar-refractivity contribution in [3.05, 3.63) is 34.3 Å². The van der Waals surface area contributed by atoms with Crippen LogP contribution < -0.4 is 5.32 Å². The fourth-order valence-electron chi connectivity index (χ4n) is 3.12. The van der Waals surface area contributed by atoms with Gasteiger partial charge in [0.15, 0.2) is 0 Å². The van der Waals surface area contributed by atoms with Crippen LogP contribution in [0.3, 0.4) is 0 Å². The third-order valence-corrected chi connectivity index (χ3v) is 4.45. The maximum atomic E-state index is 13.1. The minimum atomic E-state index is -4.45. The molecule has 1 atom stereocenters. The van der Waals surface area contributed by atoms with E-state index in [1.807, 2.05) is 13.8 Å². The number of aliphatic hydroxyl groups is 1. The highest BCUT2D eigenvalue weighted by Gasteiger charge is 2.38. The van der Waals surface area contributed by atoms with E-state index in [0.717, 1.165) is 25.2 Å². The Morgan fingerprint density at radius 3 is 2.35 bits per heavy atom. The van der Waals surface area contributed by atoms with Crippen LogP contribution in [0.25, 0.3) is 0 Å². The molecule has 1 aromatic carbocycles. The maximum absolute atomic E-state index is 13.1. The molecule has 7 heteroatoms. The van der Waals surface area contributed by atoms with Crippen molar-refractivity contribution in [2.75, 3.05) is 32.8 Å². The highest BCUT2D eigenvalue weighted by Crippen LogP contribution is 2.41. The number of aliphatic hydroxyl groups excluding tert-OH is 1. The molecule has 130 valence electrons. The summed E-state index contributed by atoms with van der Waals surface area (Å²) >= 11 is 5.94. The molecule has 0 aromatic heterocycles. The number of alkyl halides is 3. The zero-order valence-corrected chi connectivity index (χ0v) is 14.0. The molecular weight excluding hydrogens is 329 g/mol. The summed E-state index contributed by atoms with van der Waals surface area (Å²) in [6.07, 6.45) is -4.45. The summed E-state index contributed by atoms with van der Waals surface area (Å²) in [4.78, 5) is 2.11. The minimum Gasteiger partial charge on any atom is -0.396 e. The fourth-order valence-corrected chi connectivity index (χ4v) is 3.36. The molecule has 1 aromatic rings. The summed E-state index contributed by atoms with van der Waals surface area (Å²) in [6.45, 7) is 6.54. The van der Waals surface area contributed by atoms with Crippen molar-refractivity contribution >= 4 is 11.6 Å². The van der Waals surface area contributed by atoms with Gasteiger partial charge in [-0.2, -0.15) is 13.2 Å². The first-order valence-electron chi connectivity index (χ1n) is 7.58. The Hall–Kier alpha value is -0.820. The highest BCUT2D eigenvalue weighted by atomic mass is 35.5. The SMILES string of the molecule is CC(C)(CO)[C@@H](c1cc(Cl)cc(C(F)(F)F)c1)N1CCNCC1. The number of piperazine rings is 1. The first-order valence-corrected chi connectivity index (χ1v) is 7.96. The normalized spacial score (nSPS) is 18.9. The molecule has 0 bridgehead atoms. The van der Waals surface area contributed by atoms with Gasteiger partial charge >= 0.3 is 6.18 Å². The molecule has 1 aliphatic heterocycles. The first kappa shape index (κ1) is 18.5. The van der Waals surface area contributed by atoms with Crippen LogP contribution in [-0.4, -0.2) is 42.8 Å². The second kappa shape index (κ2) is 6.97. The molecule has 0 amide bonds. The minimum absolute atomic E-state index is 0.0590. The van der Waals surface area contributed by atoms with E-state index < -0.39 is 17.2 Å².